The van der Waals surface area contributed by atoms with E-state index in [9.17, 15) is 9.59 Å². The number of anilines is 1. The summed E-state index contributed by atoms with van der Waals surface area (Å²) < 4.78 is 3.27. The lowest BCUT2D eigenvalue weighted by Gasteiger charge is -2.07. The fourth-order valence-electron chi connectivity index (χ4n) is 2.14. The number of nitrogens with one attached hydrogen (secondary N) is 1. The molecule has 0 atom stereocenters. The summed E-state index contributed by atoms with van der Waals surface area (Å²) in [4.78, 5) is 24.3. The third kappa shape index (κ3) is 3.19. The lowest BCUT2D eigenvalue weighted by molar-refractivity contribution is -0.116. The molecular formula is C15H18ClN3O2. The van der Waals surface area contributed by atoms with Crippen LogP contribution < -0.4 is 10.9 Å². The Balaban J connectivity index is 2.37. The molecule has 0 fully saturated rings. The van der Waals surface area contributed by atoms with Crippen LogP contribution in [0.2, 0.25) is 0 Å². The highest BCUT2D eigenvalue weighted by Crippen LogP contribution is 2.14. The van der Waals surface area contributed by atoms with Gasteiger partial charge < -0.3 is 5.32 Å². The van der Waals surface area contributed by atoms with Gasteiger partial charge in [-0.25, -0.2) is 4.68 Å². The monoisotopic (exact) mass is 307 g/mol. The first-order valence-corrected chi connectivity index (χ1v) is 7.29. The Kier molecular flexibility index (Phi) is 4.85. The number of carbonyl (C=O) groups excluding carboxylic acids is 1. The maximum Gasteiger partial charge on any atom is 0.295 e. The summed E-state index contributed by atoms with van der Waals surface area (Å²) in [7, 11) is 1.79. The summed E-state index contributed by atoms with van der Waals surface area (Å²) in [6.45, 7) is 1.80. The molecule has 0 aliphatic rings. The van der Waals surface area contributed by atoms with Gasteiger partial charge in [0.2, 0.25) is 5.91 Å². The van der Waals surface area contributed by atoms with Crippen molar-refractivity contribution >= 4 is 23.2 Å². The van der Waals surface area contributed by atoms with E-state index >= 15 is 0 Å². The van der Waals surface area contributed by atoms with Crippen LogP contribution in [-0.2, 0) is 11.8 Å². The topological polar surface area (TPSA) is 56.0 Å². The van der Waals surface area contributed by atoms with Gasteiger partial charge in [0.05, 0.1) is 11.4 Å². The van der Waals surface area contributed by atoms with Crippen molar-refractivity contribution in [3.8, 4) is 5.69 Å². The van der Waals surface area contributed by atoms with Crippen LogP contribution in [0.1, 0.15) is 18.5 Å². The molecule has 1 aromatic carbocycles. The standard InChI is InChI=1S/C15H18ClN3O2/c1-11-14(17-13(20)9-6-10-16)15(21)19(18(11)2)12-7-4-3-5-8-12/h3-5,7-8H,6,9-10H2,1-2H3,(H,17,20). The molecule has 1 aromatic heterocycles. The van der Waals surface area contributed by atoms with E-state index in [2.05, 4.69) is 5.32 Å². The molecule has 1 heterocycles. The molecule has 1 amide bonds. The highest BCUT2D eigenvalue weighted by Gasteiger charge is 2.17. The van der Waals surface area contributed by atoms with Gasteiger partial charge in [0.25, 0.3) is 5.56 Å². The summed E-state index contributed by atoms with van der Waals surface area (Å²) >= 11 is 5.57. The Morgan fingerprint density at radius 3 is 2.57 bits per heavy atom. The Bertz CT molecular complexity index is 689. The zero-order valence-electron chi connectivity index (χ0n) is 12.1. The van der Waals surface area contributed by atoms with Gasteiger partial charge in [0.15, 0.2) is 0 Å². The maximum atomic E-state index is 12.5. The Morgan fingerprint density at radius 2 is 1.95 bits per heavy atom. The van der Waals surface area contributed by atoms with Crippen molar-refractivity contribution in [2.75, 3.05) is 11.2 Å². The number of rotatable bonds is 5. The zero-order chi connectivity index (χ0) is 15.4. The van der Waals surface area contributed by atoms with Gasteiger partial charge in [0, 0.05) is 19.3 Å². The normalized spacial score (nSPS) is 10.6. The molecule has 21 heavy (non-hydrogen) atoms. The third-order valence-electron chi connectivity index (χ3n) is 3.36. The zero-order valence-corrected chi connectivity index (χ0v) is 12.9. The molecule has 112 valence electrons. The minimum absolute atomic E-state index is 0.193. The van der Waals surface area contributed by atoms with Crippen molar-refractivity contribution < 1.29 is 4.79 Å². The van der Waals surface area contributed by atoms with E-state index in [4.69, 9.17) is 11.6 Å². The fourth-order valence-corrected chi connectivity index (χ4v) is 2.28. The lowest BCUT2D eigenvalue weighted by Crippen LogP contribution is -2.22. The second kappa shape index (κ2) is 6.63. The highest BCUT2D eigenvalue weighted by atomic mass is 35.5. The van der Waals surface area contributed by atoms with Crippen LogP contribution in [0, 0.1) is 6.92 Å². The SMILES string of the molecule is Cc1c(NC(=O)CCCCl)c(=O)n(-c2ccccc2)n1C. The van der Waals surface area contributed by atoms with Gasteiger partial charge in [-0.3, -0.25) is 14.3 Å². The average molecular weight is 308 g/mol. The molecular weight excluding hydrogens is 290 g/mol. The van der Waals surface area contributed by atoms with Crippen LogP contribution >= 0.6 is 11.6 Å². The molecule has 6 heteroatoms. The van der Waals surface area contributed by atoms with Gasteiger partial charge in [-0.05, 0) is 25.5 Å². The number of hydrogen-bond donors (Lipinski definition) is 1. The lowest BCUT2D eigenvalue weighted by atomic mass is 10.3. The first-order valence-electron chi connectivity index (χ1n) is 6.76. The predicted octanol–water partition coefficient (Wildman–Crippen LogP) is 2.44. The number of nitrogens with zero attached hydrogens (tertiary/aromatic N) is 2. The van der Waals surface area contributed by atoms with Gasteiger partial charge in [-0.1, -0.05) is 18.2 Å². The Hall–Kier alpha value is -2.01. The highest BCUT2D eigenvalue weighted by molar-refractivity contribution is 6.18. The first-order chi connectivity index (χ1) is 10.1. The Labute approximate surface area is 128 Å². The number of hydrogen-bond acceptors (Lipinski definition) is 2. The van der Waals surface area contributed by atoms with Crippen LogP contribution in [0.3, 0.4) is 0 Å². The second-order valence-corrected chi connectivity index (χ2v) is 5.16. The van der Waals surface area contributed by atoms with Crippen molar-refractivity contribution in [2.24, 2.45) is 7.05 Å². The molecule has 0 unspecified atom stereocenters. The third-order valence-corrected chi connectivity index (χ3v) is 3.62. The van der Waals surface area contributed by atoms with Crippen LogP contribution in [0.5, 0.6) is 0 Å². The molecule has 0 aliphatic carbocycles. The van der Waals surface area contributed by atoms with Crippen LogP contribution in [0.15, 0.2) is 35.1 Å². The van der Waals surface area contributed by atoms with E-state index in [0.717, 1.165) is 5.69 Å². The van der Waals surface area contributed by atoms with Crippen LogP contribution in [0.4, 0.5) is 5.69 Å². The van der Waals surface area contributed by atoms with Crippen molar-refractivity contribution in [1.29, 1.82) is 0 Å². The molecule has 1 N–H and O–H groups in total. The molecule has 0 radical (unpaired) electrons. The molecule has 5 nitrogen and oxygen atoms in total. The number of para-hydroxylation sites is 1. The number of carbonyl (C=O) groups is 1. The van der Waals surface area contributed by atoms with Crippen molar-refractivity contribution in [1.82, 2.24) is 9.36 Å². The summed E-state index contributed by atoms with van der Waals surface area (Å²) in [5.41, 5.74) is 1.55. The molecule has 0 spiro atoms. The van der Waals surface area contributed by atoms with Crippen molar-refractivity contribution in [3.63, 3.8) is 0 Å². The molecule has 0 saturated carbocycles. The quantitative estimate of drug-likeness (QED) is 0.863. The fraction of sp³-hybridized carbons (Fsp3) is 0.333. The maximum absolute atomic E-state index is 12.5. The average Bonchev–Trinajstić information content (AvgIpc) is 2.70. The van der Waals surface area contributed by atoms with Gasteiger partial charge >= 0.3 is 0 Å². The number of benzene rings is 1. The second-order valence-electron chi connectivity index (χ2n) is 4.78. The smallest absolute Gasteiger partial charge is 0.295 e. The van der Waals surface area contributed by atoms with E-state index in [-0.39, 0.29) is 11.5 Å². The molecule has 0 saturated heterocycles. The van der Waals surface area contributed by atoms with E-state index in [1.807, 2.05) is 30.3 Å². The molecule has 0 bridgehead atoms. The summed E-state index contributed by atoms with van der Waals surface area (Å²) in [5, 5.41) is 2.69. The van der Waals surface area contributed by atoms with E-state index < -0.39 is 0 Å². The molecule has 0 aliphatic heterocycles. The number of halogens is 1. The summed E-state index contributed by atoms with van der Waals surface area (Å²) in [6.07, 6.45) is 0.898. The summed E-state index contributed by atoms with van der Waals surface area (Å²) in [5.74, 6) is 0.233. The number of aromatic nitrogens is 2. The van der Waals surface area contributed by atoms with E-state index in [0.29, 0.717) is 30.1 Å². The van der Waals surface area contributed by atoms with Crippen LogP contribution in [0.25, 0.3) is 5.69 Å². The van der Waals surface area contributed by atoms with Gasteiger partial charge in [-0.2, -0.15) is 0 Å². The van der Waals surface area contributed by atoms with E-state index in [1.54, 1.807) is 18.7 Å². The number of alkyl halides is 1. The minimum Gasteiger partial charge on any atom is -0.320 e. The Morgan fingerprint density at radius 1 is 1.29 bits per heavy atom. The van der Waals surface area contributed by atoms with Gasteiger partial charge in [0.1, 0.15) is 5.69 Å². The number of amides is 1. The van der Waals surface area contributed by atoms with Crippen molar-refractivity contribution in [2.45, 2.75) is 19.8 Å². The van der Waals surface area contributed by atoms with Gasteiger partial charge in [-0.15, -0.1) is 11.6 Å². The molecule has 2 rings (SSSR count). The molecule has 2 aromatic rings. The van der Waals surface area contributed by atoms with Crippen LogP contribution in [-0.4, -0.2) is 21.2 Å². The predicted molar refractivity (Wildman–Crippen MR) is 84.3 cm³/mol. The first kappa shape index (κ1) is 15.4. The van der Waals surface area contributed by atoms with Crippen molar-refractivity contribution in [3.05, 3.63) is 46.4 Å². The minimum atomic E-state index is -0.236. The summed E-state index contributed by atoms with van der Waals surface area (Å²) in [6, 6.07) is 9.31. The largest absolute Gasteiger partial charge is 0.320 e. The van der Waals surface area contributed by atoms with E-state index in [1.165, 1.54) is 4.68 Å².